The first-order chi connectivity index (χ1) is 22.2. The smallest absolute Gasteiger partial charge is 0.414 e. The Morgan fingerprint density at radius 2 is 1.88 bits per heavy atom. The SMILES string of the molecule is CNC(=O)c1nn(CC(F)F)cc1Nc1nccc(-c2cc(C#N)c3c(c2)C(C)(CO[Si](C)(C)C(C)(C)C)CN3C(=O)OC(C)(C)C)n1. The van der Waals surface area contributed by atoms with Gasteiger partial charge in [0.1, 0.15) is 18.2 Å². The molecule has 15 heteroatoms. The Hall–Kier alpha value is -4.42. The molecule has 1 aliphatic rings. The molecule has 3 aromatic rings. The van der Waals surface area contributed by atoms with E-state index in [0.29, 0.717) is 23.6 Å². The van der Waals surface area contributed by atoms with Gasteiger partial charge in [0.05, 0.1) is 22.6 Å². The lowest BCUT2D eigenvalue weighted by Crippen LogP contribution is -2.46. The molecule has 2 aromatic heterocycles. The summed E-state index contributed by atoms with van der Waals surface area (Å²) in [5.41, 5.74) is 1.08. The van der Waals surface area contributed by atoms with Gasteiger partial charge in [0, 0.05) is 43.6 Å². The fraction of sp³-hybridized carbons (Fsp3) is 0.515. The van der Waals surface area contributed by atoms with Crippen molar-refractivity contribution in [1.82, 2.24) is 25.1 Å². The van der Waals surface area contributed by atoms with Crippen LogP contribution in [-0.4, -0.2) is 72.3 Å². The maximum atomic E-state index is 13.5. The highest BCUT2D eigenvalue weighted by molar-refractivity contribution is 6.74. The summed E-state index contributed by atoms with van der Waals surface area (Å²) < 4.78 is 39.5. The Bertz CT molecular complexity index is 1740. The molecule has 1 aromatic carbocycles. The van der Waals surface area contributed by atoms with Crippen molar-refractivity contribution < 1.29 is 27.5 Å². The summed E-state index contributed by atoms with van der Waals surface area (Å²) in [4.78, 5) is 36.4. The Labute approximate surface area is 281 Å². The molecule has 12 nitrogen and oxygen atoms in total. The largest absolute Gasteiger partial charge is 0.443 e. The number of rotatable bonds is 9. The molecule has 0 spiro atoms. The van der Waals surface area contributed by atoms with E-state index in [1.54, 1.807) is 32.9 Å². The van der Waals surface area contributed by atoms with E-state index < -0.39 is 44.3 Å². The number of carbonyl (C=O) groups excluding carboxylic acids is 2. The number of ether oxygens (including phenoxy) is 1. The number of anilines is 3. The number of nitriles is 1. The Morgan fingerprint density at radius 1 is 1.19 bits per heavy atom. The Morgan fingerprint density at radius 3 is 2.46 bits per heavy atom. The zero-order valence-corrected chi connectivity index (χ0v) is 30.2. The van der Waals surface area contributed by atoms with Crippen LogP contribution in [0.2, 0.25) is 18.1 Å². The van der Waals surface area contributed by atoms with Crippen molar-refractivity contribution >= 4 is 37.6 Å². The number of benzene rings is 1. The summed E-state index contributed by atoms with van der Waals surface area (Å²) in [7, 11) is -0.793. The van der Waals surface area contributed by atoms with Gasteiger partial charge < -0.3 is 19.8 Å². The third-order valence-corrected chi connectivity index (χ3v) is 13.0. The first kappa shape index (κ1) is 36.4. The second kappa shape index (κ2) is 13.2. The van der Waals surface area contributed by atoms with Crippen LogP contribution >= 0.6 is 0 Å². The zero-order valence-electron chi connectivity index (χ0n) is 29.2. The highest BCUT2D eigenvalue weighted by Gasteiger charge is 2.47. The van der Waals surface area contributed by atoms with E-state index in [0.717, 1.165) is 10.2 Å². The topological polar surface area (TPSA) is 147 Å². The molecule has 0 fully saturated rings. The van der Waals surface area contributed by atoms with Crippen molar-refractivity contribution in [2.45, 2.75) is 90.6 Å². The number of alkyl halides is 2. The van der Waals surface area contributed by atoms with Crippen LogP contribution in [0, 0.1) is 11.3 Å². The molecule has 2 amide bonds. The Balaban J connectivity index is 1.79. The molecular formula is C33H44F2N8O4Si. The molecule has 0 bridgehead atoms. The number of nitrogens with one attached hydrogen (secondary N) is 2. The number of amides is 2. The summed E-state index contributed by atoms with van der Waals surface area (Å²) in [6, 6.07) is 7.48. The van der Waals surface area contributed by atoms with Crippen LogP contribution in [0.1, 0.15) is 70.1 Å². The molecule has 1 unspecified atom stereocenters. The monoisotopic (exact) mass is 682 g/mol. The number of carbonyl (C=O) groups is 2. The van der Waals surface area contributed by atoms with Gasteiger partial charge in [-0.2, -0.15) is 10.4 Å². The van der Waals surface area contributed by atoms with Gasteiger partial charge in [-0.25, -0.2) is 23.5 Å². The first-order valence-electron chi connectivity index (χ1n) is 15.6. The first-order valence-corrected chi connectivity index (χ1v) is 18.5. The van der Waals surface area contributed by atoms with E-state index >= 15 is 0 Å². The van der Waals surface area contributed by atoms with Gasteiger partial charge in [0.15, 0.2) is 14.0 Å². The maximum Gasteiger partial charge on any atom is 0.414 e. The highest BCUT2D eigenvalue weighted by atomic mass is 28.4. The minimum Gasteiger partial charge on any atom is -0.443 e. The normalized spacial score (nSPS) is 16.5. The number of nitrogens with zero attached hydrogens (tertiary/aromatic N) is 6. The minimum atomic E-state index is -2.67. The molecular weight excluding hydrogens is 638 g/mol. The van der Waals surface area contributed by atoms with E-state index in [1.807, 2.05) is 13.0 Å². The standard InChI is InChI=1S/C33H44F2N8O4Si/c1-31(2,3)47-30(45)43-18-33(7,19-46-48(9,10)32(4,5)6)22-14-20(13-21(15-36)27(22)43)23-11-12-38-29(39-23)40-24-16-42(17-25(34)35)41-26(24)28(44)37-8/h11-14,16,25H,17-19H2,1-10H3,(H,37,44)(H,38,39,40). The van der Waals surface area contributed by atoms with Gasteiger partial charge in [-0.1, -0.05) is 27.7 Å². The van der Waals surface area contributed by atoms with Gasteiger partial charge in [-0.05, 0) is 62.7 Å². The number of aromatic nitrogens is 4. The molecule has 258 valence electrons. The minimum absolute atomic E-state index is 0.0483. The Kier molecular flexibility index (Phi) is 10.0. The van der Waals surface area contributed by atoms with Crippen LogP contribution in [-0.2, 0) is 21.1 Å². The molecule has 4 rings (SSSR count). The van der Waals surface area contributed by atoms with Gasteiger partial charge in [0.25, 0.3) is 12.3 Å². The van der Waals surface area contributed by atoms with Crippen molar-refractivity contribution in [2.24, 2.45) is 0 Å². The van der Waals surface area contributed by atoms with Crippen LogP contribution in [0.4, 0.5) is 30.9 Å². The van der Waals surface area contributed by atoms with Crippen LogP contribution < -0.4 is 15.5 Å². The summed E-state index contributed by atoms with van der Waals surface area (Å²) in [5.74, 6) is -0.500. The third kappa shape index (κ3) is 7.82. The van der Waals surface area contributed by atoms with Crippen LogP contribution in [0.25, 0.3) is 11.3 Å². The van der Waals surface area contributed by atoms with Crippen molar-refractivity contribution in [3.8, 4) is 17.3 Å². The molecule has 0 saturated heterocycles. The van der Waals surface area contributed by atoms with E-state index in [1.165, 1.54) is 24.3 Å². The summed E-state index contributed by atoms with van der Waals surface area (Å²) in [6.07, 6.45) is -0.445. The molecule has 2 N–H and O–H groups in total. The van der Waals surface area contributed by atoms with Gasteiger partial charge in [0.2, 0.25) is 5.95 Å². The quantitative estimate of drug-likeness (QED) is 0.238. The van der Waals surface area contributed by atoms with Gasteiger partial charge >= 0.3 is 6.09 Å². The van der Waals surface area contributed by atoms with E-state index in [-0.39, 0.29) is 34.5 Å². The molecule has 0 saturated carbocycles. The second-order valence-corrected chi connectivity index (χ2v) is 19.5. The third-order valence-electron chi connectivity index (χ3n) is 8.56. The zero-order chi connectivity index (χ0) is 35.8. The average Bonchev–Trinajstić information content (AvgIpc) is 3.51. The molecule has 3 heterocycles. The summed E-state index contributed by atoms with van der Waals surface area (Å²) in [6.45, 7) is 18.0. The fourth-order valence-corrected chi connectivity index (χ4v) is 6.13. The lowest BCUT2D eigenvalue weighted by molar-refractivity contribution is 0.0575. The van der Waals surface area contributed by atoms with Crippen LogP contribution in [0.15, 0.2) is 30.6 Å². The van der Waals surface area contributed by atoms with Gasteiger partial charge in [-0.3, -0.25) is 14.4 Å². The summed E-state index contributed by atoms with van der Waals surface area (Å²) in [5, 5.41) is 19.7. The van der Waals surface area contributed by atoms with Crippen LogP contribution in [0.3, 0.4) is 0 Å². The number of fused-ring (bicyclic) bond motifs is 1. The molecule has 0 radical (unpaired) electrons. The predicted octanol–water partition coefficient (Wildman–Crippen LogP) is 6.61. The second-order valence-electron chi connectivity index (χ2n) is 14.7. The van der Waals surface area contributed by atoms with E-state index in [4.69, 9.17) is 9.16 Å². The van der Waals surface area contributed by atoms with Crippen LogP contribution in [0.5, 0.6) is 0 Å². The average molecular weight is 683 g/mol. The summed E-state index contributed by atoms with van der Waals surface area (Å²) >= 11 is 0. The lowest BCUT2D eigenvalue weighted by Gasteiger charge is -2.39. The molecule has 1 aliphatic heterocycles. The van der Waals surface area contributed by atoms with Crippen molar-refractivity contribution in [1.29, 1.82) is 5.26 Å². The van der Waals surface area contributed by atoms with Crippen molar-refractivity contribution in [3.05, 3.63) is 47.4 Å². The number of hydrogen-bond donors (Lipinski definition) is 2. The lowest BCUT2D eigenvalue weighted by atomic mass is 9.83. The van der Waals surface area contributed by atoms with Crippen molar-refractivity contribution in [3.63, 3.8) is 0 Å². The van der Waals surface area contributed by atoms with Crippen molar-refractivity contribution in [2.75, 3.05) is 30.4 Å². The van der Waals surface area contributed by atoms with Gasteiger partial charge in [-0.15, -0.1) is 0 Å². The highest BCUT2D eigenvalue weighted by Crippen LogP contribution is 2.47. The predicted molar refractivity (Wildman–Crippen MR) is 181 cm³/mol. The van der Waals surface area contributed by atoms with E-state index in [9.17, 15) is 23.6 Å². The van der Waals surface area contributed by atoms with E-state index in [2.05, 4.69) is 65.6 Å². The molecule has 0 aliphatic carbocycles. The number of hydrogen-bond acceptors (Lipinski definition) is 9. The molecule has 1 atom stereocenters. The fourth-order valence-electron chi connectivity index (χ4n) is 5.02. The maximum absolute atomic E-state index is 13.5. The molecule has 48 heavy (non-hydrogen) atoms. The number of halogens is 2.